The Bertz CT molecular complexity index is 687. The molecule has 2 N–H and O–H groups in total. The SMILES string of the molecule is Cc1ccc(-c2nc(CC(N)c3ccccc3)cs2)o1. The first kappa shape index (κ1) is 13.1. The zero-order valence-corrected chi connectivity index (χ0v) is 12.1. The van der Waals surface area contributed by atoms with E-state index in [0.29, 0.717) is 0 Å². The van der Waals surface area contributed by atoms with Crippen LogP contribution in [0.3, 0.4) is 0 Å². The molecule has 1 unspecified atom stereocenters. The van der Waals surface area contributed by atoms with Gasteiger partial charge in [0.05, 0.1) is 5.69 Å². The second-order valence-corrected chi connectivity index (χ2v) is 5.63. The van der Waals surface area contributed by atoms with E-state index in [1.54, 1.807) is 11.3 Å². The van der Waals surface area contributed by atoms with Crippen LogP contribution in [0, 0.1) is 6.92 Å². The molecular formula is C16H16N2OS. The van der Waals surface area contributed by atoms with E-state index in [-0.39, 0.29) is 6.04 Å². The van der Waals surface area contributed by atoms with Crippen LogP contribution in [0.25, 0.3) is 10.8 Å². The van der Waals surface area contributed by atoms with Crippen molar-refractivity contribution in [1.29, 1.82) is 0 Å². The topological polar surface area (TPSA) is 52.0 Å². The van der Waals surface area contributed by atoms with Gasteiger partial charge in [0.25, 0.3) is 0 Å². The summed E-state index contributed by atoms with van der Waals surface area (Å²) < 4.78 is 5.59. The van der Waals surface area contributed by atoms with Gasteiger partial charge in [0.15, 0.2) is 10.8 Å². The third-order valence-electron chi connectivity index (χ3n) is 3.16. The zero-order valence-electron chi connectivity index (χ0n) is 11.2. The maximum Gasteiger partial charge on any atom is 0.162 e. The third kappa shape index (κ3) is 2.81. The van der Waals surface area contributed by atoms with Crippen molar-refractivity contribution in [3.8, 4) is 10.8 Å². The fraction of sp³-hybridized carbons (Fsp3) is 0.188. The van der Waals surface area contributed by atoms with Gasteiger partial charge in [0.2, 0.25) is 0 Å². The monoisotopic (exact) mass is 284 g/mol. The fourth-order valence-corrected chi connectivity index (χ4v) is 2.90. The highest BCUT2D eigenvalue weighted by Gasteiger charge is 2.12. The first-order chi connectivity index (χ1) is 9.72. The van der Waals surface area contributed by atoms with E-state index in [4.69, 9.17) is 10.2 Å². The molecule has 102 valence electrons. The Kier molecular flexibility index (Phi) is 3.67. The Morgan fingerprint density at radius 1 is 1.20 bits per heavy atom. The lowest BCUT2D eigenvalue weighted by Crippen LogP contribution is -2.13. The second kappa shape index (κ2) is 5.61. The van der Waals surface area contributed by atoms with Gasteiger partial charge in [0, 0.05) is 17.8 Å². The van der Waals surface area contributed by atoms with Crippen molar-refractivity contribution < 1.29 is 4.42 Å². The summed E-state index contributed by atoms with van der Waals surface area (Å²) in [4.78, 5) is 4.60. The molecule has 0 radical (unpaired) electrons. The lowest BCUT2D eigenvalue weighted by Gasteiger charge is -2.09. The number of aryl methyl sites for hydroxylation is 1. The van der Waals surface area contributed by atoms with Gasteiger partial charge < -0.3 is 10.2 Å². The first-order valence-corrected chi connectivity index (χ1v) is 7.42. The van der Waals surface area contributed by atoms with Gasteiger partial charge in [-0.1, -0.05) is 30.3 Å². The number of aromatic nitrogens is 1. The highest BCUT2D eigenvalue weighted by molar-refractivity contribution is 7.13. The molecule has 3 rings (SSSR count). The van der Waals surface area contributed by atoms with Crippen LogP contribution < -0.4 is 5.73 Å². The van der Waals surface area contributed by atoms with E-state index in [2.05, 4.69) is 10.4 Å². The molecule has 3 nitrogen and oxygen atoms in total. The maximum absolute atomic E-state index is 6.22. The largest absolute Gasteiger partial charge is 0.459 e. The molecule has 0 aliphatic rings. The van der Waals surface area contributed by atoms with Gasteiger partial charge in [-0.05, 0) is 24.6 Å². The van der Waals surface area contributed by atoms with Crippen LogP contribution in [0.4, 0.5) is 0 Å². The first-order valence-electron chi connectivity index (χ1n) is 6.54. The van der Waals surface area contributed by atoms with Gasteiger partial charge in [-0.2, -0.15) is 0 Å². The summed E-state index contributed by atoms with van der Waals surface area (Å²) in [7, 11) is 0. The summed E-state index contributed by atoms with van der Waals surface area (Å²) in [6, 6.07) is 14.0. The predicted molar refractivity (Wildman–Crippen MR) is 81.6 cm³/mol. The van der Waals surface area contributed by atoms with Gasteiger partial charge >= 0.3 is 0 Å². The Balaban J connectivity index is 1.74. The standard InChI is InChI=1S/C16H16N2OS/c1-11-7-8-15(19-11)16-18-13(10-20-16)9-14(17)12-5-3-2-4-6-12/h2-8,10,14H,9,17H2,1H3. The minimum Gasteiger partial charge on any atom is -0.459 e. The van der Waals surface area contributed by atoms with E-state index in [1.165, 1.54) is 0 Å². The Morgan fingerprint density at radius 2 is 2.00 bits per heavy atom. The van der Waals surface area contributed by atoms with Gasteiger partial charge in [-0.25, -0.2) is 4.98 Å². The number of furan rings is 1. The van der Waals surface area contributed by atoms with Gasteiger partial charge in [-0.15, -0.1) is 11.3 Å². The quantitative estimate of drug-likeness (QED) is 0.789. The van der Waals surface area contributed by atoms with E-state index in [9.17, 15) is 0 Å². The molecule has 0 aliphatic heterocycles. The number of thiazole rings is 1. The van der Waals surface area contributed by atoms with E-state index < -0.39 is 0 Å². The molecule has 1 atom stereocenters. The van der Waals surface area contributed by atoms with Crippen LogP contribution in [-0.2, 0) is 6.42 Å². The normalized spacial score (nSPS) is 12.5. The molecule has 0 saturated carbocycles. The molecule has 0 amide bonds. The van der Waals surface area contributed by atoms with E-state index in [0.717, 1.165) is 34.2 Å². The summed E-state index contributed by atoms with van der Waals surface area (Å²) in [5.41, 5.74) is 8.36. The lowest BCUT2D eigenvalue weighted by atomic mass is 10.0. The number of nitrogens with two attached hydrogens (primary N) is 1. The second-order valence-electron chi connectivity index (χ2n) is 4.78. The molecule has 0 spiro atoms. The van der Waals surface area contributed by atoms with Crippen molar-refractivity contribution in [2.45, 2.75) is 19.4 Å². The molecule has 0 bridgehead atoms. The Labute approximate surface area is 122 Å². The molecule has 0 saturated heterocycles. The average molecular weight is 284 g/mol. The van der Waals surface area contributed by atoms with Crippen LogP contribution in [0.2, 0.25) is 0 Å². The average Bonchev–Trinajstić information content (AvgIpc) is 3.09. The van der Waals surface area contributed by atoms with Crippen molar-refractivity contribution >= 4 is 11.3 Å². The van der Waals surface area contributed by atoms with Crippen LogP contribution in [0.15, 0.2) is 52.3 Å². The highest BCUT2D eigenvalue weighted by Crippen LogP contribution is 2.27. The summed E-state index contributed by atoms with van der Waals surface area (Å²) >= 11 is 1.59. The smallest absolute Gasteiger partial charge is 0.162 e. The minimum absolute atomic E-state index is 0.0236. The predicted octanol–water partition coefficient (Wildman–Crippen LogP) is 3.95. The summed E-state index contributed by atoms with van der Waals surface area (Å²) in [5.74, 6) is 1.73. The van der Waals surface area contributed by atoms with Crippen molar-refractivity contribution in [1.82, 2.24) is 4.98 Å². The molecule has 20 heavy (non-hydrogen) atoms. The molecular weight excluding hydrogens is 268 g/mol. The third-order valence-corrected chi connectivity index (χ3v) is 4.07. The molecule has 4 heteroatoms. The van der Waals surface area contributed by atoms with Gasteiger partial charge in [-0.3, -0.25) is 0 Å². The summed E-state index contributed by atoms with van der Waals surface area (Å²) in [5, 5.41) is 2.96. The van der Waals surface area contributed by atoms with Crippen LogP contribution >= 0.6 is 11.3 Å². The van der Waals surface area contributed by atoms with Crippen molar-refractivity contribution in [2.75, 3.05) is 0 Å². The fourth-order valence-electron chi connectivity index (χ4n) is 2.11. The molecule has 0 fully saturated rings. The van der Waals surface area contributed by atoms with E-state index in [1.807, 2.05) is 49.4 Å². The van der Waals surface area contributed by atoms with Crippen LogP contribution in [-0.4, -0.2) is 4.98 Å². The number of hydrogen-bond acceptors (Lipinski definition) is 4. The van der Waals surface area contributed by atoms with Crippen LogP contribution in [0.5, 0.6) is 0 Å². The number of rotatable bonds is 4. The molecule has 1 aromatic carbocycles. The minimum atomic E-state index is -0.0236. The van der Waals surface area contributed by atoms with Gasteiger partial charge in [0.1, 0.15) is 5.76 Å². The number of benzene rings is 1. The number of hydrogen-bond donors (Lipinski definition) is 1. The summed E-state index contributed by atoms with van der Waals surface area (Å²) in [6.07, 6.45) is 0.736. The Hall–Kier alpha value is -1.91. The molecule has 2 aromatic heterocycles. The summed E-state index contributed by atoms with van der Waals surface area (Å²) in [6.45, 7) is 1.93. The zero-order chi connectivity index (χ0) is 13.9. The lowest BCUT2D eigenvalue weighted by molar-refractivity contribution is 0.547. The molecule has 0 aliphatic carbocycles. The maximum atomic E-state index is 6.22. The molecule has 3 aromatic rings. The molecule has 2 heterocycles. The van der Waals surface area contributed by atoms with Crippen LogP contribution in [0.1, 0.15) is 23.1 Å². The van der Waals surface area contributed by atoms with E-state index >= 15 is 0 Å². The Morgan fingerprint density at radius 3 is 2.70 bits per heavy atom. The van der Waals surface area contributed by atoms with Crippen molar-refractivity contribution in [3.63, 3.8) is 0 Å². The highest BCUT2D eigenvalue weighted by atomic mass is 32.1. The van der Waals surface area contributed by atoms with Crippen molar-refractivity contribution in [3.05, 3.63) is 64.9 Å². The number of nitrogens with zero attached hydrogens (tertiary/aromatic N) is 1. The van der Waals surface area contributed by atoms with Crippen molar-refractivity contribution in [2.24, 2.45) is 5.73 Å².